The molecule has 0 radical (unpaired) electrons. The molecule has 0 saturated heterocycles. The number of hydrogen-bond acceptors (Lipinski definition) is 3. The first-order chi connectivity index (χ1) is 9.40. The molecule has 1 rings (SSSR count). The maximum atomic E-state index is 12.1. The molecule has 0 aliphatic heterocycles. The first-order valence-electron chi connectivity index (χ1n) is 7.70. The average Bonchev–Trinajstić information content (AvgIpc) is 2.41. The Morgan fingerprint density at radius 1 is 1.20 bits per heavy atom. The number of amides is 2. The van der Waals surface area contributed by atoms with Gasteiger partial charge in [0.15, 0.2) is 0 Å². The van der Waals surface area contributed by atoms with E-state index >= 15 is 0 Å². The molecule has 5 heteroatoms. The second kappa shape index (κ2) is 8.25. The number of nitrogens with one attached hydrogen (secondary N) is 2. The molecule has 20 heavy (non-hydrogen) atoms. The molecule has 0 spiro atoms. The maximum absolute atomic E-state index is 12.1. The molecule has 4 N–H and O–H groups in total. The third-order valence-corrected chi connectivity index (χ3v) is 4.01. The van der Waals surface area contributed by atoms with Gasteiger partial charge in [-0.25, -0.2) is 0 Å². The van der Waals surface area contributed by atoms with Crippen LogP contribution in [0, 0.1) is 17.8 Å². The molecule has 0 bridgehead atoms. The fourth-order valence-corrected chi connectivity index (χ4v) is 2.64. The molecule has 116 valence electrons. The number of hydrogen-bond donors (Lipinski definition) is 3. The highest BCUT2D eigenvalue weighted by Crippen LogP contribution is 2.29. The molecule has 1 aliphatic rings. The van der Waals surface area contributed by atoms with Gasteiger partial charge in [0.1, 0.15) is 0 Å². The van der Waals surface area contributed by atoms with Gasteiger partial charge in [0, 0.05) is 18.5 Å². The summed E-state index contributed by atoms with van der Waals surface area (Å²) in [6, 6.07) is 0.221. The van der Waals surface area contributed by atoms with Gasteiger partial charge in [0.25, 0.3) is 0 Å². The summed E-state index contributed by atoms with van der Waals surface area (Å²) in [5.74, 6) is 0.525. The van der Waals surface area contributed by atoms with Crippen molar-refractivity contribution in [2.45, 2.75) is 52.5 Å². The van der Waals surface area contributed by atoms with Crippen LogP contribution >= 0.6 is 0 Å². The lowest BCUT2D eigenvalue weighted by Crippen LogP contribution is -2.42. The van der Waals surface area contributed by atoms with E-state index in [1.165, 1.54) is 0 Å². The Hall–Kier alpha value is -1.10. The number of carbonyl (C=O) groups is 2. The average molecular weight is 283 g/mol. The lowest BCUT2D eigenvalue weighted by molar-refractivity contribution is -0.129. The zero-order valence-electron chi connectivity index (χ0n) is 12.9. The minimum atomic E-state index is -0.125. The standard InChI is InChI=1S/C15H29N3O2/c1-10(2)8-17-14(19)9-18-15(20)11(3)12-5-4-6-13(16)7-12/h10-13H,4-9,16H2,1-3H3,(H,17,19)(H,18,20). The van der Waals surface area contributed by atoms with E-state index in [2.05, 4.69) is 10.6 Å². The second-order valence-electron chi connectivity index (χ2n) is 6.39. The van der Waals surface area contributed by atoms with E-state index in [0.29, 0.717) is 18.4 Å². The molecule has 0 heterocycles. The predicted octanol–water partition coefficient (Wildman–Crippen LogP) is 1.03. The van der Waals surface area contributed by atoms with E-state index in [1.807, 2.05) is 20.8 Å². The molecular formula is C15H29N3O2. The molecule has 0 aromatic heterocycles. The lowest BCUT2D eigenvalue weighted by atomic mass is 9.78. The van der Waals surface area contributed by atoms with Crippen LogP contribution in [0.4, 0.5) is 0 Å². The zero-order chi connectivity index (χ0) is 15.1. The second-order valence-corrected chi connectivity index (χ2v) is 6.39. The Balaban J connectivity index is 2.29. The molecule has 2 amide bonds. The summed E-state index contributed by atoms with van der Waals surface area (Å²) < 4.78 is 0. The summed E-state index contributed by atoms with van der Waals surface area (Å²) >= 11 is 0. The number of rotatable bonds is 6. The van der Waals surface area contributed by atoms with Gasteiger partial charge in [-0.15, -0.1) is 0 Å². The van der Waals surface area contributed by atoms with E-state index in [1.54, 1.807) is 0 Å². The van der Waals surface area contributed by atoms with Crippen molar-refractivity contribution < 1.29 is 9.59 Å². The van der Waals surface area contributed by atoms with Gasteiger partial charge >= 0.3 is 0 Å². The first-order valence-corrected chi connectivity index (χ1v) is 7.70. The lowest BCUT2D eigenvalue weighted by Gasteiger charge is -2.30. The molecule has 1 fully saturated rings. The van der Waals surface area contributed by atoms with Crippen LogP contribution in [0.5, 0.6) is 0 Å². The quantitative estimate of drug-likeness (QED) is 0.680. The normalized spacial score (nSPS) is 24.2. The SMILES string of the molecule is CC(C)CNC(=O)CNC(=O)C(C)C1CCCC(N)C1. The van der Waals surface area contributed by atoms with Gasteiger partial charge in [0.05, 0.1) is 6.54 Å². The van der Waals surface area contributed by atoms with Gasteiger partial charge < -0.3 is 16.4 Å². The van der Waals surface area contributed by atoms with Gasteiger partial charge in [-0.1, -0.05) is 27.2 Å². The Bertz CT molecular complexity index is 331. The van der Waals surface area contributed by atoms with Crippen LogP contribution in [0.2, 0.25) is 0 Å². The highest BCUT2D eigenvalue weighted by Gasteiger charge is 2.28. The molecule has 1 aliphatic carbocycles. The molecule has 3 unspecified atom stereocenters. The van der Waals surface area contributed by atoms with Crippen LogP contribution in [-0.2, 0) is 9.59 Å². The maximum Gasteiger partial charge on any atom is 0.239 e. The van der Waals surface area contributed by atoms with E-state index < -0.39 is 0 Å². The van der Waals surface area contributed by atoms with Gasteiger partial charge in [-0.2, -0.15) is 0 Å². The van der Waals surface area contributed by atoms with Crippen molar-refractivity contribution in [2.24, 2.45) is 23.5 Å². The van der Waals surface area contributed by atoms with Gasteiger partial charge in [-0.05, 0) is 31.1 Å². The third kappa shape index (κ3) is 5.90. The summed E-state index contributed by atoms with van der Waals surface area (Å²) in [4.78, 5) is 23.6. The topological polar surface area (TPSA) is 84.2 Å². The van der Waals surface area contributed by atoms with Crippen LogP contribution in [0.3, 0.4) is 0 Å². The minimum Gasteiger partial charge on any atom is -0.354 e. The highest BCUT2D eigenvalue weighted by molar-refractivity contribution is 5.85. The predicted molar refractivity (Wildman–Crippen MR) is 80.0 cm³/mol. The van der Waals surface area contributed by atoms with E-state index in [-0.39, 0.29) is 30.3 Å². The van der Waals surface area contributed by atoms with Crippen LogP contribution < -0.4 is 16.4 Å². The van der Waals surface area contributed by atoms with Crippen molar-refractivity contribution in [2.75, 3.05) is 13.1 Å². The Kier molecular flexibility index (Phi) is 6.99. The molecule has 0 aromatic rings. The van der Waals surface area contributed by atoms with Crippen LogP contribution in [0.25, 0.3) is 0 Å². The van der Waals surface area contributed by atoms with Crippen LogP contribution in [0.1, 0.15) is 46.5 Å². The van der Waals surface area contributed by atoms with Gasteiger partial charge in [0.2, 0.25) is 11.8 Å². The van der Waals surface area contributed by atoms with Crippen LogP contribution in [0.15, 0.2) is 0 Å². The van der Waals surface area contributed by atoms with E-state index in [4.69, 9.17) is 5.73 Å². The highest BCUT2D eigenvalue weighted by atomic mass is 16.2. The van der Waals surface area contributed by atoms with E-state index in [0.717, 1.165) is 25.7 Å². The molecular weight excluding hydrogens is 254 g/mol. The largest absolute Gasteiger partial charge is 0.354 e. The summed E-state index contributed by atoms with van der Waals surface area (Å²) in [6.07, 6.45) is 4.12. The monoisotopic (exact) mass is 283 g/mol. The van der Waals surface area contributed by atoms with Crippen molar-refractivity contribution in [1.82, 2.24) is 10.6 Å². The van der Waals surface area contributed by atoms with Crippen LogP contribution in [-0.4, -0.2) is 30.9 Å². The molecule has 5 nitrogen and oxygen atoms in total. The smallest absolute Gasteiger partial charge is 0.239 e. The fraction of sp³-hybridized carbons (Fsp3) is 0.867. The zero-order valence-corrected chi connectivity index (χ0v) is 12.9. The number of carbonyl (C=O) groups excluding carboxylic acids is 2. The number of nitrogens with two attached hydrogens (primary N) is 1. The van der Waals surface area contributed by atoms with Crippen molar-refractivity contribution in [3.8, 4) is 0 Å². The van der Waals surface area contributed by atoms with Crippen molar-refractivity contribution in [1.29, 1.82) is 0 Å². The summed E-state index contributed by atoms with van der Waals surface area (Å²) in [5, 5.41) is 5.52. The third-order valence-electron chi connectivity index (χ3n) is 4.01. The molecule has 0 aromatic carbocycles. The van der Waals surface area contributed by atoms with E-state index in [9.17, 15) is 9.59 Å². The summed E-state index contributed by atoms with van der Waals surface area (Å²) in [7, 11) is 0. The Morgan fingerprint density at radius 3 is 2.50 bits per heavy atom. The van der Waals surface area contributed by atoms with Crippen molar-refractivity contribution in [3.63, 3.8) is 0 Å². The Labute approximate surface area is 122 Å². The molecule has 1 saturated carbocycles. The summed E-state index contributed by atoms with van der Waals surface area (Å²) in [5.41, 5.74) is 5.96. The Morgan fingerprint density at radius 2 is 1.90 bits per heavy atom. The van der Waals surface area contributed by atoms with Crippen molar-refractivity contribution in [3.05, 3.63) is 0 Å². The minimum absolute atomic E-state index is 0.0382. The van der Waals surface area contributed by atoms with Gasteiger partial charge in [-0.3, -0.25) is 9.59 Å². The first kappa shape index (κ1) is 17.0. The van der Waals surface area contributed by atoms with Crippen molar-refractivity contribution >= 4 is 11.8 Å². The summed E-state index contributed by atoms with van der Waals surface area (Å²) in [6.45, 7) is 6.71. The fourth-order valence-electron chi connectivity index (χ4n) is 2.64. The molecule has 3 atom stereocenters.